The minimum Gasteiger partial charge on any atom is -0.493 e. The van der Waals surface area contributed by atoms with Gasteiger partial charge in [0.2, 0.25) is 11.7 Å². The molecule has 0 aliphatic heterocycles. The first kappa shape index (κ1) is 25.0. The lowest BCUT2D eigenvalue weighted by Crippen LogP contribution is -2.47. The van der Waals surface area contributed by atoms with Crippen LogP contribution in [-0.2, 0) is 10.2 Å². The highest BCUT2D eigenvalue weighted by atomic mass is 16.5. The standard InChI is InChI=1S/C25H34N2O5/c1-15(2)21(27-23(28)16-9-11-17(12-10-16)25(3,4)5)24(29)26-18-13-19(30-6)22(32-8)20(14-18)31-7/h9-15,21H,1-8H3,(H,26,29)(H,27,28)/t21-/m1/s1. The summed E-state index contributed by atoms with van der Waals surface area (Å²) in [6.45, 7) is 10.1. The number of hydrogen-bond donors (Lipinski definition) is 2. The van der Waals surface area contributed by atoms with E-state index in [9.17, 15) is 9.59 Å². The van der Waals surface area contributed by atoms with Gasteiger partial charge in [-0.05, 0) is 29.0 Å². The van der Waals surface area contributed by atoms with Crippen molar-refractivity contribution in [1.29, 1.82) is 0 Å². The predicted octanol–water partition coefficient (Wildman–Crippen LogP) is 4.40. The SMILES string of the molecule is COc1cc(NC(=O)[C@H](NC(=O)c2ccc(C(C)(C)C)cc2)C(C)C)cc(OC)c1OC. The van der Waals surface area contributed by atoms with Crippen molar-refractivity contribution >= 4 is 17.5 Å². The normalized spacial score (nSPS) is 12.2. The number of benzene rings is 2. The molecule has 0 aromatic heterocycles. The molecule has 174 valence electrons. The Balaban J connectivity index is 2.20. The lowest BCUT2D eigenvalue weighted by Gasteiger charge is -2.23. The van der Waals surface area contributed by atoms with Crippen molar-refractivity contribution in [2.24, 2.45) is 5.92 Å². The molecule has 0 radical (unpaired) electrons. The Morgan fingerprint density at radius 2 is 1.41 bits per heavy atom. The molecular formula is C25H34N2O5. The van der Waals surface area contributed by atoms with Crippen molar-refractivity contribution in [3.05, 3.63) is 47.5 Å². The van der Waals surface area contributed by atoms with E-state index in [1.165, 1.54) is 21.3 Å². The van der Waals surface area contributed by atoms with E-state index < -0.39 is 6.04 Å². The van der Waals surface area contributed by atoms with Crippen LogP contribution in [0.25, 0.3) is 0 Å². The highest BCUT2D eigenvalue weighted by molar-refractivity contribution is 6.01. The minimum absolute atomic E-state index is 0.00413. The lowest BCUT2D eigenvalue weighted by atomic mass is 9.86. The van der Waals surface area contributed by atoms with Gasteiger partial charge in [0.25, 0.3) is 5.91 Å². The van der Waals surface area contributed by atoms with E-state index in [1.807, 2.05) is 26.0 Å². The lowest BCUT2D eigenvalue weighted by molar-refractivity contribution is -0.118. The fourth-order valence-electron chi connectivity index (χ4n) is 3.25. The van der Waals surface area contributed by atoms with Crippen LogP contribution in [-0.4, -0.2) is 39.2 Å². The van der Waals surface area contributed by atoms with Crippen molar-refractivity contribution < 1.29 is 23.8 Å². The number of rotatable bonds is 8. The molecule has 0 aliphatic rings. The molecule has 7 nitrogen and oxygen atoms in total. The van der Waals surface area contributed by atoms with Crippen LogP contribution in [0.3, 0.4) is 0 Å². The summed E-state index contributed by atoms with van der Waals surface area (Å²) in [7, 11) is 4.52. The van der Waals surface area contributed by atoms with Gasteiger partial charge in [-0.1, -0.05) is 46.8 Å². The molecular weight excluding hydrogens is 408 g/mol. The minimum atomic E-state index is -0.733. The second kappa shape index (κ2) is 10.4. The van der Waals surface area contributed by atoms with E-state index in [2.05, 4.69) is 31.4 Å². The maximum absolute atomic E-state index is 13.0. The topological polar surface area (TPSA) is 85.9 Å². The summed E-state index contributed by atoms with van der Waals surface area (Å²) in [5, 5.41) is 5.69. The second-order valence-electron chi connectivity index (χ2n) is 8.93. The molecule has 2 N–H and O–H groups in total. The smallest absolute Gasteiger partial charge is 0.251 e. The van der Waals surface area contributed by atoms with Gasteiger partial charge in [0.15, 0.2) is 11.5 Å². The van der Waals surface area contributed by atoms with Gasteiger partial charge in [0, 0.05) is 23.4 Å². The van der Waals surface area contributed by atoms with E-state index in [0.29, 0.717) is 28.5 Å². The molecule has 32 heavy (non-hydrogen) atoms. The number of nitrogens with one attached hydrogen (secondary N) is 2. The molecule has 1 atom stereocenters. The number of carbonyl (C=O) groups excluding carboxylic acids is 2. The second-order valence-corrected chi connectivity index (χ2v) is 8.93. The van der Waals surface area contributed by atoms with Gasteiger partial charge < -0.3 is 24.8 Å². The Kier molecular flexibility index (Phi) is 8.14. The Morgan fingerprint density at radius 3 is 1.81 bits per heavy atom. The summed E-state index contributed by atoms with van der Waals surface area (Å²) in [6.07, 6.45) is 0. The molecule has 2 aromatic rings. The Hall–Kier alpha value is -3.22. The maximum Gasteiger partial charge on any atom is 0.251 e. The first-order chi connectivity index (χ1) is 15.0. The number of ether oxygens (including phenoxy) is 3. The van der Waals surface area contributed by atoms with Gasteiger partial charge in [-0.3, -0.25) is 9.59 Å². The fraction of sp³-hybridized carbons (Fsp3) is 0.440. The van der Waals surface area contributed by atoms with Crippen LogP contribution < -0.4 is 24.8 Å². The zero-order chi connectivity index (χ0) is 24.1. The van der Waals surface area contributed by atoms with E-state index in [1.54, 1.807) is 24.3 Å². The van der Waals surface area contributed by atoms with Crippen LogP contribution in [0.5, 0.6) is 17.2 Å². The van der Waals surface area contributed by atoms with Crippen LogP contribution in [0.4, 0.5) is 5.69 Å². The number of amides is 2. The third-order valence-corrected chi connectivity index (χ3v) is 5.18. The molecule has 2 rings (SSSR count). The van der Waals surface area contributed by atoms with Crippen molar-refractivity contribution in [2.75, 3.05) is 26.6 Å². The Labute approximate surface area is 190 Å². The summed E-state index contributed by atoms with van der Waals surface area (Å²) >= 11 is 0. The van der Waals surface area contributed by atoms with Crippen LogP contribution in [0.1, 0.15) is 50.5 Å². The van der Waals surface area contributed by atoms with Gasteiger partial charge >= 0.3 is 0 Å². The van der Waals surface area contributed by atoms with E-state index in [0.717, 1.165) is 5.56 Å². The summed E-state index contributed by atoms with van der Waals surface area (Å²) in [5.41, 5.74) is 2.10. The summed E-state index contributed by atoms with van der Waals surface area (Å²) in [6, 6.07) is 10.00. The number of anilines is 1. The maximum atomic E-state index is 13.0. The van der Waals surface area contributed by atoms with Crippen LogP contribution in [0, 0.1) is 5.92 Å². The van der Waals surface area contributed by atoms with Crippen molar-refractivity contribution in [3.8, 4) is 17.2 Å². The average Bonchev–Trinajstić information content (AvgIpc) is 2.75. The van der Waals surface area contributed by atoms with E-state index in [-0.39, 0.29) is 23.1 Å². The highest BCUT2D eigenvalue weighted by Crippen LogP contribution is 2.40. The highest BCUT2D eigenvalue weighted by Gasteiger charge is 2.26. The van der Waals surface area contributed by atoms with E-state index >= 15 is 0 Å². The van der Waals surface area contributed by atoms with Crippen LogP contribution in [0.15, 0.2) is 36.4 Å². The zero-order valence-electron chi connectivity index (χ0n) is 20.2. The third-order valence-electron chi connectivity index (χ3n) is 5.18. The van der Waals surface area contributed by atoms with Crippen LogP contribution in [0.2, 0.25) is 0 Å². The zero-order valence-corrected chi connectivity index (χ0v) is 20.2. The largest absolute Gasteiger partial charge is 0.493 e. The molecule has 0 heterocycles. The Bertz CT molecular complexity index is 921. The first-order valence-electron chi connectivity index (χ1n) is 10.5. The number of carbonyl (C=O) groups is 2. The summed E-state index contributed by atoms with van der Waals surface area (Å²) in [4.78, 5) is 25.8. The molecule has 2 aromatic carbocycles. The van der Waals surface area contributed by atoms with Gasteiger partial charge in [-0.2, -0.15) is 0 Å². The number of hydrogen-bond acceptors (Lipinski definition) is 5. The molecule has 0 saturated heterocycles. The molecule has 7 heteroatoms. The van der Waals surface area contributed by atoms with Crippen molar-refractivity contribution in [2.45, 2.75) is 46.1 Å². The fourth-order valence-corrected chi connectivity index (χ4v) is 3.25. The molecule has 0 bridgehead atoms. The first-order valence-corrected chi connectivity index (χ1v) is 10.5. The predicted molar refractivity (Wildman–Crippen MR) is 126 cm³/mol. The van der Waals surface area contributed by atoms with Crippen molar-refractivity contribution in [1.82, 2.24) is 5.32 Å². The molecule has 0 spiro atoms. The van der Waals surface area contributed by atoms with E-state index in [4.69, 9.17) is 14.2 Å². The van der Waals surface area contributed by atoms with Gasteiger partial charge in [-0.15, -0.1) is 0 Å². The number of methoxy groups -OCH3 is 3. The molecule has 0 saturated carbocycles. The molecule has 0 fully saturated rings. The molecule has 0 unspecified atom stereocenters. The third kappa shape index (κ3) is 5.93. The summed E-state index contributed by atoms with van der Waals surface area (Å²) in [5.74, 6) is 0.505. The van der Waals surface area contributed by atoms with Gasteiger partial charge in [0.05, 0.1) is 21.3 Å². The monoisotopic (exact) mass is 442 g/mol. The van der Waals surface area contributed by atoms with Crippen LogP contribution >= 0.6 is 0 Å². The Morgan fingerprint density at radius 1 is 0.875 bits per heavy atom. The average molecular weight is 443 g/mol. The van der Waals surface area contributed by atoms with Gasteiger partial charge in [0.1, 0.15) is 6.04 Å². The molecule has 2 amide bonds. The van der Waals surface area contributed by atoms with Gasteiger partial charge in [-0.25, -0.2) is 0 Å². The quantitative estimate of drug-likeness (QED) is 0.633. The summed E-state index contributed by atoms with van der Waals surface area (Å²) < 4.78 is 16.0. The molecule has 0 aliphatic carbocycles. The van der Waals surface area contributed by atoms with Crippen molar-refractivity contribution in [3.63, 3.8) is 0 Å².